The molecule has 0 fully saturated rings. The van der Waals surface area contributed by atoms with Gasteiger partial charge in [0.1, 0.15) is 5.75 Å². The van der Waals surface area contributed by atoms with Gasteiger partial charge < -0.3 is 10.0 Å². The molecule has 0 aromatic heterocycles. The Labute approximate surface area is 212 Å². The van der Waals surface area contributed by atoms with Crippen molar-refractivity contribution in [2.75, 3.05) is 4.90 Å². The molecule has 0 spiro atoms. The van der Waals surface area contributed by atoms with Crippen LogP contribution in [0.15, 0.2) is 97.1 Å². The quantitative estimate of drug-likeness (QED) is 0.246. The van der Waals surface area contributed by atoms with Crippen LogP contribution in [-0.2, 0) is 18.2 Å². The molecule has 0 heterocycles. The van der Waals surface area contributed by atoms with Gasteiger partial charge in [-0.15, -0.1) is 0 Å². The van der Waals surface area contributed by atoms with Gasteiger partial charge in [0.15, 0.2) is 0 Å². The zero-order chi connectivity index (χ0) is 24.8. The average Bonchev–Trinajstić information content (AvgIpc) is 2.87. The summed E-state index contributed by atoms with van der Waals surface area (Å²) in [7, 11) is 0.529. The Hall–Kier alpha value is -3.09. The van der Waals surface area contributed by atoms with Crippen molar-refractivity contribution in [1.29, 1.82) is 0 Å². The Bertz CT molecular complexity index is 1210. The Kier molecular flexibility index (Phi) is 7.93. The van der Waals surface area contributed by atoms with Gasteiger partial charge in [0.2, 0.25) is 0 Å². The lowest BCUT2D eigenvalue weighted by Gasteiger charge is -2.34. The summed E-state index contributed by atoms with van der Waals surface area (Å²) in [6, 6.07) is 34.3. The highest BCUT2D eigenvalue weighted by Crippen LogP contribution is 2.49. The van der Waals surface area contributed by atoms with Crippen LogP contribution in [0.2, 0.25) is 0 Å². The number of rotatable bonds is 9. The number of hydrogen-bond donors (Lipinski definition) is 1. The van der Waals surface area contributed by atoms with Crippen LogP contribution in [0.3, 0.4) is 0 Å². The molecule has 4 rings (SSSR count). The zero-order valence-electron chi connectivity index (χ0n) is 21.3. The van der Waals surface area contributed by atoms with E-state index in [2.05, 4.69) is 117 Å². The fraction of sp³-hybridized carbons (Fsp3) is 0.250. The monoisotopic (exact) mass is 481 g/mol. The first kappa shape index (κ1) is 25.0. The molecule has 0 radical (unpaired) electrons. The van der Waals surface area contributed by atoms with Gasteiger partial charge in [-0.25, -0.2) is 0 Å². The van der Waals surface area contributed by atoms with E-state index in [4.69, 9.17) is 0 Å². The van der Waals surface area contributed by atoms with E-state index in [1.165, 1.54) is 27.7 Å². The Morgan fingerprint density at radius 1 is 0.714 bits per heavy atom. The van der Waals surface area contributed by atoms with Gasteiger partial charge >= 0.3 is 0 Å². The molecule has 0 saturated carbocycles. The minimum Gasteiger partial charge on any atom is -0.507 e. The largest absolute Gasteiger partial charge is 0.507 e. The zero-order valence-corrected chi connectivity index (χ0v) is 22.3. The first-order valence-corrected chi connectivity index (χ1v) is 13.4. The average molecular weight is 482 g/mol. The van der Waals surface area contributed by atoms with Crippen LogP contribution in [0.25, 0.3) is 0 Å². The molecule has 0 aliphatic rings. The van der Waals surface area contributed by atoms with Crippen molar-refractivity contribution < 1.29 is 5.11 Å². The lowest BCUT2D eigenvalue weighted by molar-refractivity contribution is 0.452. The molecule has 4 aromatic carbocycles. The van der Waals surface area contributed by atoms with Crippen LogP contribution in [-0.4, -0.2) is 5.11 Å². The lowest BCUT2D eigenvalue weighted by atomic mass is 9.94. The van der Waals surface area contributed by atoms with Crippen molar-refractivity contribution in [3.63, 3.8) is 0 Å². The molecule has 0 aliphatic carbocycles. The van der Waals surface area contributed by atoms with Gasteiger partial charge in [-0.1, -0.05) is 113 Å². The van der Waals surface area contributed by atoms with Crippen LogP contribution in [0.5, 0.6) is 5.75 Å². The van der Waals surface area contributed by atoms with Gasteiger partial charge in [-0.2, -0.15) is 0 Å². The van der Waals surface area contributed by atoms with Crippen molar-refractivity contribution in [2.45, 2.75) is 52.4 Å². The molecule has 4 aromatic rings. The summed E-state index contributed by atoms with van der Waals surface area (Å²) in [6.45, 7) is 10.4. The predicted molar refractivity (Wildman–Crippen MR) is 152 cm³/mol. The highest BCUT2D eigenvalue weighted by atomic mass is 31.1. The molecule has 1 N–H and O–H groups in total. The Morgan fingerprint density at radius 2 is 1.26 bits per heavy atom. The van der Waals surface area contributed by atoms with Gasteiger partial charge in [0, 0.05) is 29.5 Å². The van der Waals surface area contributed by atoms with Crippen LogP contribution in [0.1, 0.15) is 48.1 Å². The van der Waals surface area contributed by atoms with Crippen LogP contribution in [0.4, 0.5) is 5.69 Å². The molecule has 2 unspecified atom stereocenters. The fourth-order valence-corrected chi connectivity index (χ4v) is 6.35. The second kappa shape index (κ2) is 11.1. The van der Waals surface area contributed by atoms with Crippen LogP contribution < -0.4 is 10.2 Å². The first-order chi connectivity index (χ1) is 16.9. The number of phenolic OH excluding ortho intramolecular Hbond substituents is 1. The highest BCUT2D eigenvalue weighted by molar-refractivity contribution is 7.49. The molecule has 180 valence electrons. The molecular weight excluding hydrogens is 445 g/mol. The summed E-state index contributed by atoms with van der Waals surface area (Å²) in [6.07, 6.45) is 0.952. The molecule has 3 heteroatoms. The summed E-state index contributed by atoms with van der Waals surface area (Å²) in [5, 5.41) is 12.2. The molecular formula is C32H36NOP. The number of aromatic hydroxyl groups is 1. The Balaban J connectivity index is 1.78. The standard InChI is InChI=1S/C32H36NOP/c1-5-32(4,28-20-12-14-24(2)30(28)34)35-31-25(3)15-13-21-29(31)33(22-26-16-8-6-9-17-26)23-27-18-10-7-11-19-27/h6-21,34-35H,5,22-23H2,1-4H3. The number of anilines is 1. The molecule has 0 aliphatic heterocycles. The van der Waals surface area contributed by atoms with Crippen molar-refractivity contribution >= 4 is 19.6 Å². The summed E-state index contributed by atoms with van der Waals surface area (Å²) in [4.78, 5) is 2.51. The van der Waals surface area contributed by atoms with Gasteiger partial charge in [0.05, 0.1) is 0 Å². The minimum absolute atomic E-state index is 0.151. The number of aryl methyl sites for hydroxylation is 2. The second-order valence-corrected chi connectivity index (χ2v) is 11.4. The summed E-state index contributed by atoms with van der Waals surface area (Å²) in [5.41, 5.74) is 7.17. The predicted octanol–water partition coefficient (Wildman–Crippen LogP) is 7.85. The van der Waals surface area contributed by atoms with Crippen molar-refractivity contribution in [3.8, 4) is 5.75 Å². The maximum Gasteiger partial charge on any atom is 0.122 e. The summed E-state index contributed by atoms with van der Waals surface area (Å²) < 4.78 is 0. The lowest BCUT2D eigenvalue weighted by Crippen LogP contribution is -2.29. The molecule has 35 heavy (non-hydrogen) atoms. The molecule has 0 bridgehead atoms. The summed E-state index contributed by atoms with van der Waals surface area (Å²) >= 11 is 0. The fourth-order valence-electron chi connectivity index (χ4n) is 4.64. The first-order valence-electron chi connectivity index (χ1n) is 12.4. The van der Waals surface area contributed by atoms with E-state index in [9.17, 15) is 5.11 Å². The number of phenols is 1. The van der Waals surface area contributed by atoms with Crippen molar-refractivity contribution in [1.82, 2.24) is 0 Å². The minimum atomic E-state index is -0.151. The van der Waals surface area contributed by atoms with Gasteiger partial charge in [-0.3, -0.25) is 0 Å². The maximum atomic E-state index is 11.0. The van der Waals surface area contributed by atoms with E-state index in [1.54, 1.807) is 0 Å². The number of nitrogens with zero attached hydrogens (tertiary/aromatic N) is 1. The number of benzene rings is 4. The number of para-hydroxylation sites is 1. The van der Waals surface area contributed by atoms with Gasteiger partial charge in [-0.05, 0) is 53.9 Å². The van der Waals surface area contributed by atoms with E-state index in [0.29, 0.717) is 14.3 Å². The third kappa shape index (κ3) is 5.77. The smallest absolute Gasteiger partial charge is 0.122 e. The van der Waals surface area contributed by atoms with Crippen LogP contribution in [0, 0.1) is 13.8 Å². The van der Waals surface area contributed by atoms with E-state index in [-0.39, 0.29) is 5.16 Å². The third-order valence-electron chi connectivity index (χ3n) is 6.96. The van der Waals surface area contributed by atoms with E-state index in [0.717, 1.165) is 30.6 Å². The normalized spacial score (nSPS) is 13.1. The van der Waals surface area contributed by atoms with Gasteiger partial charge in [0.25, 0.3) is 0 Å². The third-order valence-corrected chi connectivity index (χ3v) is 9.04. The molecule has 0 amide bonds. The summed E-state index contributed by atoms with van der Waals surface area (Å²) in [5.74, 6) is 0.435. The molecule has 2 atom stereocenters. The maximum absolute atomic E-state index is 11.0. The van der Waals surface area contributed by atoms with E-state index < -0.39 is 0 Å². The van der Waals surface area contributed by atoms with E-state index in [1.807, 2.05) is 13.0 Å². The molecule has 2 nitrogen and oxygen atoms in total. The second-order valence-electron chi connectivity index (χ2n) is 9.58. The highest BCUT2D eigenvalue weighted by Gasteiger charge is 2.30. The Morgan fingerprint density at radius 3 is 1.83 bits per heavy atom. The van der Waals surface area contributed by atoms with E-state index >= 15 is 0 Å². The van der Waals surface area contributed by atoms with Crippen molar-refractivity contribution in [3.05, 3.63) is 125 Å². The number of hydrogen-bond acceptors (Lipinski definition) is 2. The topological polar surface area (TPSA) is 23.5 Å². The molecule has 0 saturated heterocycles. The van der Waals surface area contributed by atoms with Crippen molar-refractivity contribution in [2.24, 2.45) is 0 Å². The SMILES string of the molecule is CCC(C)(Pc1c(C)cccc1N(Cc1ccccc1)Cc1ccccc1)c1cccc(C)c1O. The van der Waals surface area contributed by atoms with Crippen LogP contribution >= 0.6 is 8.58 Å².